The fourth-order valence-corrected chi connectivity index (χ4v) is 5.16. The molecule has 7 heteroatoms. The summed E-state index contributed by atoms with van der Waals surface area (Å²) < 4.78 is 4.89. The van der Waals surface area contributed by atoms with Gasteiger partial charge in [-0.25, -0.2) is 9.78 Å². The molecule has 1 aliphatic carbocycles. The normalized spacial score (nSPS) is 12.1. The van der Waals surface area contributed by atoms with Crippen molar-refractivity contribution in [1.29, 1.82) is 0 Å². The number of aryl methyl sites for hydroxylation is 2. The smallest absolute Gasteiger partial charge is 0.338 e. The molecule has 46 heavy (non-hydrogen) atoms. The third kappa shape index (κ3) is 13.5. The van der Waals surface area contributed by atoms with Gasteiger partial charge < -0.3 is 14.6 Å². The van der Waals surface area contributed by atoms with E-state index in [-0.39, 0.29) is 5.97 Å². The molecule has 1 aliphatic rings. The Morgan fingerprint density at radius 1 is 0.935 bits per heavy atom. The summed E-state index contributed by atoms with van der Waals surface area (Å²) in [6.07, 6.45) is 10.9. The van der Waals surface area contributed by atoms with E-state index in [0.29, 0.717) is 16.0 Å². The Kier molecular flexibility index (Phi) is 20.3. The van der Waals surface area contributed by atoms with E-state index in [0.717, 1.165) is 72.6 Å². The van der Waals surface area contributed by atoms with Gasteiger partial charge in [0.25, 0.3) is 0 Å². The summed E-state index contributed by atoms with van der Waals surface area (Å²) in [6, 6.07) is 25.9. The molecule has 0 aliphatic heterocycles. The van der Waals surface area contributed by atoms with E-state index in [1.165, 1.54) is 25.5 Å². The summed E-state index contributed by atoms with van der Waals surface area (Å²) in [5.74, 6) is 0.600. The number of rotatable bonds is 10. The SMILES string of the molecule is CC.CC.CO.COC(=O)c1ccccc1CCCc1cccc(/C=C/c2ccc3ccc(Cl)cc3n2)c1.O=CCC1(CS)CC1. The fourth-order valence-electron chi connectivity index (χ4n) is 4.54. The van der Waals surface area contributed by atoms with Crippen LogP contribution in [0.5, 0.6) is 0 Å². The quantitative estimate of drug-likeness (QED) is 0.100. The molecule has 3 aromatic carbocycles. The van der Waals surface area contributed by atoms with Crippen molar-refractivity contribution < 1.29 is 19.4 Å². The van der Waals surface area contributed by atoms with E-state index in [2.05, 4.69) is 54.0 Å². The number of aliphatic hydroxyl groups is 1. The number of nitrogens with zero attached hydrogens (tertiary/aromatic N) is 1. The van der Waals surface area contributed by atoms with Gasteiger partial charge in [0.2, 0.25) is 0 Å². The molecule has 0 atom stereocenters. The number of hydrogen-bond acceptors (Lipinski definition) is 6. The molecule has 0 bridgehead atoms. The van der Waals surface area contributed by atoms with Crippen molar-refractivity contribution in [1.82, 2.24) is 4.98 Å². The predicted molar refractivity (Wildman–Crippen MR) is 199 cm³/mol. The third-order valence-corrected chi connectivity index (χ3v) is 8.12. The van der Waals surface area contributed by atoms with Crippen LogP contribution in [0.2, 0.25) is 5.02 Å². The van der Waals surface area contributed by atoms with E-state index >= 15 is 0 Å². The van der Waals surface area contributed by atoms with Crippen LogP contribution in [0.3, 0.4) is 0 Å². The second-order valence-corrected chi connectivity index (χ2v) is 10.9. The molecule has 0 saturated heterocycles. The number of carbonyl (C=O) groups excluding carboxylic acids is 2. The van der Waals surface area contributed by atoms with Crippen LogP contribution in [0.4, 0.5) is 0 Å². The Bertz CT molecular complexity index is 1500. The standard InChI is InChI=1S/C28H24ClNO2.C6H10OS.2C2H6.CH4O/c1-32-28(31)26-11-3-2-9-22(26)10-5-8-20-6-4-7-21(18-20)12-16-25-17-14-23-13-15-24(29)19-27(23)30-25;7-4-3-6(5-8)1-2-6;3*1-2/h2-4,6-7,9,11-19H,5,8,10H2,1H3;4,8H,1-3,5H2;2*1-2H3;2H,1H3/b16-12+;;;;. The highest BCUT2D eigenvalue weighted by Crippen LogP contribution is 2.48. The van der Waals surface area contributed by atoms with Crippen LogP contribution in [-0.4, -0.2) is 42.3 Å². The lowest BCUT2D eigenvalue weighted by Gasteiger charge is -2.08. The van der Waals surface area contributed by atoms with Gasteiger partial charge in [-0.15, -0.1) is 0 Å². The number of methoxy groups -OCH3 is 1. The first kappa shape index (κ1) is 40.6. The van der Waals surface area contributed by atoms with E-state index in [9.17, 15) is 9.59 Å². The molecule has 5 rings (SSSR count). The van der Waals surface area contributed by atoms with Gasteiger partial charge >= 0.3 is 5.97 Å². The van der Waals surface area contributed by atoms with Gasteiger partial charge in [-0.3, -0.25) is 0 Å². The Morgan fingerprint density at radius 2 is 1.63 bits per heavy atom. The van der Waals surface area contributed by atoms with Gasteiger partial charge in [0.15, 0.2) is 0 Å². The lowest BCUT2D eigenvalue weighted by molar-refractivity contribution is -0.108. The van der Waals surface area contributed by atoms with Gasteiger partial charge in [-0.05, 0) is 90.3 Å². The molecular formula is C39H50ClNO4S. The zero-order valence-electron chi connectivity index (χ0n) is 28.1. The number of aliphatic hydroxyl groups excluding tert-OH is 1. The van der Waals surface area contributed by atoms with Crippen molar-refractivity contribution in [2.45, 2.75) is 66.2 Å². The molecule has 1 N–H and O–H groups in total. The number of ether oxygens (including phenoxy) is 1. The second kappa shape index (κ2) is 23.0. The van der Waals surface area contributed by atoms with Crippen LogP contribution in [-0.2, 0) is 22.4 Å². The number of aldehydes is 1. The summed E-state index contributed by atoms with van der Waals surface area (Å²) in [5, 5.41) is 8.76. The number of esters is 1. The molecule has 1 heterocycles. The molecule has 5 nitrogen and oxygen atoms in total. The highest BCUT2D eigenvalue weighted by molar-refractivity contribution is 7.80. The zero-order chi connectivity index (χ0) is 34.4. The monoisotopic (exact) mass is 663 g/mol. The number of benzene rings is 3. The third-order valence-electron chi connectivity index (χ3n) is 7.22. The summed E-state index contributed by atoms with van der Waals surface area (Å²) in [6.45, 7) is 8.00. The van der Waals surface area contributed by atoms with E-state index in [1.807, 2.05) is 82.3 Å². The minimum atomic E-state index is -0.280. The van der Waals surface area contributed by atoms with Crippen LogP contribution in [0.15, 0.2) is 78.9 Å². The maximum atomic E-state index is 11.9. The average Bonchev–Trinajstić information content (AvgIpc) is 3.90. The lowest BCUT2D eigenvalue weighted by Crippen LogP contribution is -2.05. The Morgan fingerprint density at radius 3 is 2.26 bits per heavy atom. The van der Waals surface area contributed by atoms with Crippen LogP contribution >= 0.6 is 24.2 Å². The fraction of sp³-hybridized carbons (Fsp3) is 0.359. The van der Waals surface area contributed by atoms with E-state index < -0.39 is 0 Å². The molecule has 4 aromatic rings. The molecular weight excluding hydrogens is 614 g/mol. The maximum Gasteiger partial charge on any atom is 0.338 e. The molecule has 248 valence electrons. The topological polar surface area (TPSA) is 76.5 Å². The highest BCUT2D eigenvalue weighted by Gasteiger charge is 2.40. The van der Waals surface area contributed by atoms with Gasteiger partial charge in [0.05, 0.1) is 23.9 Å². The molecule has 0 spiro atoms. The number of pyridine rings is 1. The number of hydrogen-bond donors (Lipinski definition) is 2. The van der Waals surface area contributed by atoms with Crippen LogP contribution in [0.25, 0.3) is 23.1 Å². The maximum absolute atomic E-state index is 11.9. The Labute approximate surface area is 286 Å². The molecule has 0 radical (unpaired) electrons. The first-order valence-corrected chi connectivity index (χ1v) is 16.9. The number of aromatic nitrogens is 1. The largest absolute Gasteiger partial charge is 0.465 e. The van der Waals surface area contributed by atoms with Crippen molar-refractivity contribution in [3.05, 3.63) is 112 Å². The second-order valence-electron chi connectivity index (χ2n) is 10.2. The first-order valence-electron chi connectivity index (χ1n) is 15.9. The molecule has 0 unspecified atom stereocenters. The minimum absolute atomic E-state index is 0.280. The summed E-state index contributed by atoms with van der Waals surface area (Å²) >= 11 is 10.2. The van der Waals surface area contributed by atoms with Gasteiger partial charge in [0, 0.05) is 23.9 Å². The summed E-state index contributed by atoms with van der Waals surface area (Å²) in [5.41, 5.74) is 6.19. The van der Waals surface area contributed by atoms with Crippen molar-refractivity contribution >= 4 is 59.5 Å². The lowest BCUT2D eigenvalue weighted by atomic mass is 9.99. The van der Waals surface area contributed by atoms with Crippen LogP contribution < -0.4 is 0 Å². The van der Waals surface area contributed by atoms with Crippen LogP contribution in [0, 0.1) is 5.41 Å². The van der Waals surface area contributed by atoms with E-state index in [4.69, 9.17) is 21.4 Å². The van der Waals surface area contributed by atoms with E-state index in [1.54, 1.807) is 0 Å². The average molecular weight is 664 g/mol. The highest BCUT2D eigenvalue weighted by atomic mass is 35.5. The van der Waals surface area contributed by atoms with Gasteiger partial charge in [-0.1, -0.05) is 100.0 Å². The molecule has 0 amide bonds. The summed E-state index contributed by atoms with van der Waals surface area (Å²) in [4.78, 5) is 26.6. The number of carbonyl (C=O) groups is 2. The van der Waals surface area contributed by atoms with Crippen molar-refractivity contribution in [2.24, 2.45) is 5.41 Å². The number of halogens is 1. The summed E-state index contributed by atoms with van der Waals surface area (Å²) in [7, 11) is 2.42. The Hall–Kier alpha value is -3.45. The molecule has 1 aromatic heterocycles. The van der Waals surface area contributed by atoms with Gasteiger partial charge in [-0.2, -0.15) is 12.6 Å². The zero-order valence-corrected chi connectivity index (χ0v) is 29.8. The van der Waals surface area contributed by atoms with Crippen molar-refractivity contribution in [3.63, 3.8) is 0 Å². The van der Waals surface area contributed by atoms with Gasteiger partial charge in [0.1, 0.15) is 6.29 Å². The number of thiol groups is 1. The number of fused-ring (bicyclic) bond motifs is 1. The minimum Gasteiger partial charge on any atom is -0.465 e. The Balaban J connectivity index is 0.000000639. The van der Waals surface area contributed by atoms with Crippen LogP contribution in [0.1, 0.15) is 86.1 Å². The first-order chi connectivity index (χ1) is 22.4. The molecule has 1 saturated carbocycles. The van der Waals surface area contributed by atoms with Crippen molar-refractivity contribution in [2.75, 3.05) is 20.0 Å². The van der Waals surface area contributed by atoms with Crippen molar-refractivity contribution in [3.8, 4) is 0 Å². The molecule has 1 fully saturated rings. The predicted octanol–water partition coefficient (Wildman–Crippen LogP) is 9.97.